The van der Waals surface area contributed by atoms with Gasteiger partial charge in [-0.1, -0.05) is 36.4 Å². The number of benzene rings is 2. The summed E-state index contributed by atoms with van der Waals surface area (Å²) in [7, 11) is -0.596. The van der Waals surface area contributed by atoms with Gasteiger partial charge in [0.1, 0.15) is 0 Å². The third-order valence-corrected chi connectivity index (χ3v) is 6.57. The molecule has 1 saturated carbocycles. The van der Waals surface area contributed by atoms with Crippen LogP contribution in [0.4, 0.5) is 10.5 Å². The Bertz CT molecular complexity index is 891. The molecule has 0 atom stereocenters. The Morgan fingerprint density at radius 2 is 1.73 bits per heavy atom. The van der Waals surface area contributed by atoms with Gasteiger partial charge in [-0.05, 0) is 43.0 Å². The minimum atomic E-state index is -3.55. The second kappa shape index (κ2) is 7.09. The maximum atomic E-state index is 12.5. The molecule has 0 radical (unpaired) electrons. The average Bonchev–Trinajstić information content (AvgIpc) is 2.59. The normalized spacial score (nSPS) is 16.0. The molecule has 3 rings (SSSR count). The fourth-order valence-corrected chi connectivity index (χ4v) is 4.05. The van der Waals surface area contributed by atoms with Crippen molar-refractivity contribution in [1.29, 1.82) is 0 Å². The highest BCUT2D eigenvalue weighted by Gasteiger charge is 2.39. The third-order valence-electron chi connectivity index (χ3n) is 4.76. The first-order valence-electron chi connectivity index (χ1n) is 8.51. The number of sulfonamides is 1. The van der Waals surface area contributed by atoms with Crippen LogP contribution in [-0.2, 0) is 15.6 Å². The topological polar surface area (TPSA) is 78.5 Å². The van der Waals surface area contributed by atoms with E-state index in [-0.39, 0.29) is 16.5 Å². The number of nitrogens with one attached hydrogen (secondary N) is 2. The van der Waals surface area contributed by atoms with Crippen LogP contribution in [-0.4, -0.2) is 32.8 Å². The number of hydrogen-bond acceptors (Lipinski definition) is 3. The van der Waals surface area contributed by atoms with E-state index in [2.05, 4.69) is 10.6 Å². The molecule has 2 aromatic carbocycles. The number of hydrogen-bond donors (Lipinski definition) is 2. The Kier molecular flexibility index (Phi) is 5.02. The fourth-order valence-electron chi connectivity index (χ4n) is 3.10. The van der Waals surface area contributed by atoms with Gasteiger partial charge < -0.3 is 10.6 Å². The molecule has 138 valence electrons. The van der Waals surface area contributed by atoms with Gasteiger partial charge >= 0.3 is 6.03 Å². The summed E-state index contributed by atoms with van der Waals surface area (Å²) in [6.45, 7) is 0. The van der Waals surface area contributed by atoms with Crippen molar-refractivity contribution in [1.82, 2.24) is 9.62 Å². The molecule has 6 nitrogen and oxygen atoms in total. The summed E-state index contributed by atoms with van der Waals surface area (Å²) < 4.78 is 25.6. The monoisotopic (exact) mass is 373 g/mol. The Morgan fingerprint density at radius 3 is 2.31 bits per heavy atom. The summed E-state index contributed by atoms with van der Waals surface area (Å²) in [6.07, 6.45) is 2.84. The lowest BCUT2D eigenvalue weighted by molar-refractivity contribution is 0.185. The first-order valence-corrected chi connectivity index (χ1v) is 9.95. The van der Waals surface area contributed by atoms with Crippen LogP contribution in [0.1, 0.15) is 24.8 Å². The Hall–Kier alpha value is -2.38. The molecule has 0 aromatic heterocycles. The zero-order chi connectivity index (χ0) is 18.8. The number of urea groups is 1. The van der Waals surface area contributed by atoms with Crippen LogP contribution in [0.25, 0.3) is 0 Å². The summed E-state index contributed by atoms with van der Waals surface area (Å²) in [4.78, 5) is 12.6. The van der Waals surface area contributed by atoms with Gasteiger partial charge in [-0.2, -0.15) is 0 Å². The van der Waals surface area contributed by atoms with Crippen LogP contribution in [0.5, 0.6) is 0 Å². The first-order chi connectivity index (χ1) is 12.3. The molecular formula is C19H23N3O3S. The van der Waals surface area contributed by atoms with Crippen molar-refractivity contribution < 1.29 is 13.2 Å². The molecule has 2 N–H and O–H groups in total. The third kappa shape index (κ3) is 3.59. The van der Waals surface area contributed by atoms with Crippen LogP contribution in [0.2, 0.25) is 0 Å². The van der Waals surface area contributed by atoms with Gasteiger partial charge in [-0.25, -0.2) is 17.5 Å². The van der Waals surface area contributed by atoms with Crippen molar-refractivity contribution in [2.45, 2.75) is 29.7 Å². The molecule has 1 aliphatic rings. The highest BCUT2D eigenvalue weighted by atomic mass is 32.2. The molecule has 0 aliphatic heterocycles. The van der Waals surface area contributed by atoms with Gasteiger partial charge in [-0.3, -0.25) is 0 Å². The minimum absolute atomic E-state index is 0.140. The number of carbonyl (C=O) groups excluding carboxylic acids is 1. The zero-order valence-corrected chi connectivity index (χ0v) is 15.7. The fraction of sp³-hybridized carbons (Fsp3) is 0.316. The van der Waals surface area contributed by atoms with Crippen LogP contribution in [0, 0.1) is 0 Å². The number of carbonyl (C=O) groups is 1. The van der Waals surface area contributed by atoms with Gasteiger partial charge in [0.2, 0.25) is 10.0 Å². The molecule has 2 aromatic rings. The SMILES string of the molecule is CN(C)S(=O)(=O)c1cccc(NC(=O)NC2(c3ccccc3)CCC2)c1. The quantitative estimate of drug-likeness (QED) is 0.845. The molecule has 0 heterocycles. The molecule has 0 bridgehead atoms. The van der Waals surface area contributed by atoms with E-state index in [9.17, 15) is 13.2 Å². The van der Waals surface area contributed by atoms with E-state index in [1.807, 2.05) is 30.3 Å². The second-order valence-electron chi connectivity index (χ2n) is 6.70. The number of rotatable bonds is 5. The average molecular weight is 373 g/mol. The molecule has 0 unspecified atom stereocenters. The van der Waals surface area contributed by atoms with Gasteiger partial charge in [0.05, 0.1) is 10.4 Å². The zero-order valence-electron chi connectivity index (χ0n) is 14.9. The van der Waals surface area contributed by atoms with Gasteiger partial charge in [0, 0.05) is 19.8 Å². The van der Waals surface area contributed by atoms with E-state index < -0.39 is 10.0 Å². The molecule has 7 heteroatoms. The molecule has 2 amide bonds. The van der Waals surface area contributed by atoms with E-state index in [1.165, 1.54) is 26.2 Å². The highest BCUT2D eigenvalue weighted by molar-refractivity contribution is 7.89. The number of anilines is 1. The Morgan fingerprint density at radius 1 is 1.04 bits per heavy atom. The van der Waals surface area contributed by atoms with Crippen LogP contribution >= 0.6 is 0 Å². The van der Waals surface area contributed by atoms with Crippen molar-refractivity contribution in [3.05, 3.63) is 60.2 Å². The molecule has 0 saturated heterocycles. The summed E-state index contributed by atoms with van der Waals surface area (Å²) >= 11 is 0. The summed E-state index contributed by atoms with van der Waals surface area (Å²) in [5.74, 6) is 0. The Balaban J connectivity index is 1.75. The van der Waals surface area contributed by atoms with E-state index in [1.54, 1.807) is 12.1 Å². The standard InChI is InChI=1S/C19H23N3O3S/c1-22(2)26(24,25)17-11-6-10-16(14-17)20-18(23)21-19(12-7-13-19)15-8-4-3-5-9-15/h3-6,8-11,14H,7,12-13H2,1-2H3,(H2,20,21,23). The maximum Gasteiger partial charge on any atom is 0.319 e. The van der Waals surface area contributed by atoms with Crippen molar-refractivity contribution in [3.63, 3.8) is 0 Å². The van der Waals surface area contributed by atoms with E-state index in [4.69, 9.17) is 0 Å². The minimum Gasteiger partial charge on any atom is -0.328 e. The lowest BCUT2D eigenvalue weighted by Crippen LogP contribution is -2.52. The number of amides is 2. The predicted molar refractivity (Wildman–Crippen MR) is 101 cm³/mol. The molecule has 0 spiro atoms. The second-order valence-corrected chi connectivity index (χ2v) is 8.85. The van der Waals surface area contributed by atoms with Crippen molar-refractivity contribution in [2.75, 3.05) is 19.4 Å². The summed E-state index contributed by atoms with van der Waals surface area (Å²) in [5.41, 5.74) is 1.18. The summed E-state index contributed by atoms with van der Waals surface area (Å²) in [5, 5.41) is 5.82. The van der Waals surface area contributed by atoms with Crippen molar-refractivity contribution in [3.8, 4) is 0 Å². The van der Waals surface area contributed by atoms with E-state index in [0.29, 0.717) is 5.69 Å². The lowest BCUT2D eigenvalue weighted by atomic mass is 9.72. The largest absolute Gasteiger partial charge is 0.328 e. The maximum absolute atomic E-state index is 12.5. The predicted octanol–water partition coefficient (Wildman–Crippen LogP) is 3.14. The van der Waals surface area contributed by atoms with Gasteiger partial charge in [0.25, 0.3) is 0 Å². The molecule has 1 aliphatic carbocycles. The van der Waals surface area contributed by atoms with Gasteiger partial charge in [-0.15, -0.1) is 0 Å². The molecular weight excluding hydrogens is 350 g/mol. The Labute approximate surface area is 154 Å². The van der Waals surface area contributed by atoms with Crippen LogP contribution in [0.3, 0.4) is 0 Å². The van der Waals surface area contributed by atoms with E-state index >= 15 is 0 Å². The van der Waals surface area contributed by atoms with E-state index in [0.717, 1.165) is 29.1 Å². The molecule has 1 fully saturated rings. The van der Waals surface area contributed by atoms with Gasteiger partial charge in [0.15, 0.2) is 0 Å². The number of nitrogens with zero attached hydrogens (tertiary/aromatic N) is 1. The van der Waals surface area contributed by atoms with Crippen LogP contribution < -0.4 is 10.6 Å². The van der Waals surface area contributed by atoms with Crippen molar-refractivity contribution >= 4 is 21.7 Å². The smallest absolute Gasteiger partial charge is 0.319 e. The highest BCUT2D eigenvalue weighted by Crippen LogP contribution is 2.41. The first kappa shape index (κ1) is 18.4. The summed E-state index contributed by atoms with van der Waals surface area (Å²) in [6, 6.07) is 15.8. The molecule has 26 heavy (non-hydrogen) atoms. The van der Waals surface area contributed by atoms with Crippen molar-refractivity contribution in [2.24, 2.45) is 0 Å². The lowest BCUT2D eigenvalue weighted by Gasteiger charge is -2.43. The van der Waals surface area contributed by atoms with Crippen LogP contribution in [0.15, 0.2) is 59.5 Å².